The van der Waals surface area contributed by atoms with Gasteiger partial charge in [0, 0.05) is 49.9 Å². The molecular formula is C66H86IrN2O2-2. The number of pyridine rings is 2. The number of nitrogens with zero attached hydrogens (tertiary/aromatic N) is 2. The predicted octanol–water partition coefficient (Wildman–Crippen LogP) is 19.0. The van der Waals surface area contributed by atoms with E-state index in [9.17, 15) is 9.90 Å². The Morgan fingerprint density at radius 3 is 1.39 bits per heavy atom. The van der Waals surface area contributed by atoms with Crippen molar-refractivity contribution >= 4 is 27.3 Å². The molecule has 2 aromatic heterocycles. The van der Waals surface area contributed by atoms with Gasteiger partial charge < -0.3 is 15.1 Å². The molecule has 5 heteroatoms. The molecule has 71 heavy (non-hydrogen) atoms. The molecule has 6 aromatic rings. The Hall–Kier alpha value is -4.44. The Kier molecular flexibility index (Phi) is 18.5. The molecule has 0 aliphatic heterocycles. The van der Waals surface area contributed by atoms with Crippen LogP contribution in [-0.2, 0) is 35.7 Å². The number of aryl methyl sites for hydroxylation is 2. The molecule has 4 aromatic carbocycles. The van der Waals surface area contributed by atoms with E-state index in [2.05, 4.69) is 138 Å². The van der Waals surface area contributed by atoms with E-state index in [0.717, 1.165) is 80.9 Å². The maximum absolute atomic E-state index is 11.9. The molecule has 1 radical (unpaired) electrons. The Morgan fingerprint density at radius 2 is 1.04 bits per heavy atom. The number of carbonyl (C=O) groups excluding carboxylic acids is 1. The zero-order valence-electron chi connectivity index (χ0n) is 49.6. The van der Waals surface area contributed by atoms with Crippen LogP contribution < -0.4 is 0 Å². The van der Waals surface area contributed by atoms with Crippen LogP contribution in [0.15, 0.2) is 96.9 Å². The molecule has 0 spiro atoms. The van der Waals surface area contributed by atoms with Gasteiger partial charge in [-0.2, -0.15) is 0 Å². The van der Waals surface area contributed by atoms with Gasteiger partial charge in [0.05, 0.1) is 5.48 Å². The summed E-state index contributed by atoms with van der Waals surface area (Å²) in [7, 11) is 0. The summed E-state index contributed by atoms with van der Waals surface area (Å²) < 4.78 is 33.6. The van der Waals surface area contributed by atoms with Gasteiger partial charge in [0.25, 0.3) is 0 Å². The van der Waals surface area contributed by atoms with Gasteiger partial charge in [-0.05, 0) is 130 Å². The summed E-state index contributed by atoms with van der Waals surface area (Å²) >= 11 is 0. The quantitative estimate of drug-likeness (QED) is 0.0798. The first-order chi connectivity index (χ1) is 34.9. The van der Waals surface area contributed by atoms with Gasteiger partial charge in [-0.3, -0.25) is 4.79 Å². The zero-order chi connectivity index (χ0) is 54.3. The normalized spacial score (nSPS) is 15.9. The van der Waals surface area contributed by atoms with Gasteiger partial charge in [0.2, 0.25) is 0 Å². The van der Waals surface area contributed by atoms with Gasteiger partial charge >= 0.3 is 0 Å². The maximum atomic E-state index is 11.9. The van der Waals surface area contributed by atoms with Crippen molar-refractivity contribution in [2.75, 3.05) is 0 Å². The number of ketones is 1. The number of benzene rings is 4. The number of aliphatic hydroxyl groups is 1. The van der Waals surface area contributed by atoms with Crippen LogP contribution in [0, 0.1) is 37.3 Å². The number of aliphatic hydroxyl groups excluding tert-OH is 1. The molecule has 2 heterocycles. The van der Waals surface area contributed by atoms with Gasteiger partial charge in [0.15, 0.2) is 5.78 Å². The number of fused-ring (bicyclic) bond motifs is 2. The van der Waals surface area contributed by atoms with Crippen molar-refractivity contribution in [2.24, 2.45) is 11.3 Å². The minimum atomic E-state index is -0.248. The van der Waals surface area contributed by atoms with Gasteiger partial charge in [-0.25, -0.2) is 0 Å². The number of hydrogen-bond donors (Lipinski definition) is 1. The molecule has 0 atom stereocenters. The first kappa shape index (κ1) is 51.5. The van der Waals surface area contributed by atoms with E-state index in [1.165, 1.54) is 92.5 Å². The molecule has 1 N–H and O–H groups in total. The average molecular weight is 1140 g/mol. The van der Waals surface area contributed by atoms with Crippen LogP contribution in [0.1, 0.15) is 217 Å². The third-order valence-corrected chi connectivity index (χ3v) is 15.6. The van der Waals surface area contributed by atoms with E-state index >= 15 is 0 Å². The van der Waals surface area contributed by atoms with Crippen LogP contribution in [0.3, 0.4) is 0 Å². The van der Waals surface area contributed by atoms with E-state index in [1.54, 1.807) is 0 Å². The van der Waals surface area contributed by atoms with Gasteiger partial charge in [-0.1, -0.05) is 165 Å². The number of rotatable bonds is 11. The number of aromatic nitrogens is 2. The monoisotopic (exact) mass is 1140 g/mol. The van der Waals surface area contributed by atoms with Crippen LogP contribution >= 0.6 is 0 Å². The molecule has 383 valence electrons. The molecule has 2 saturated carbocycles. The van der Waals surface area contributed by atoms with Crippen molar-refractivity contribution in [3.63, 3.8) is 0 Å². The summed E-state index contributed by atoms with van der Waals surface area (Å²) in [6.07, 6.45) is 17.6. The fraction of sp³-hybridized carbons (Fsp3) is 0.500. The molecule has 0 bridgehead atoms. The second-order valence-corrected chi connectivity index (χ2v) is 22.8. The fourth-order valence-electron chi connectivity index (χ4n) is 10.2. The van der Waals surface area contributed by atoms with Crippen LogP contribution in [-0.4, -0.2) is 20.9 Å². The Labute approximate surface area is 449 Å². The van der Waals surface area contributed by atoms with Crippen molar-refractivity contribution in [1.29, 1.82) is 0 Å². The first-order valence-corrected chi connectivity index (χ1v) is 26.8. The summed E-state index contributed by atoms with van der Waals surface area (Å²) in [6.45, 7) is 27.4. The Morgan fingerprint density at radius 1 is 0.648 bits per heavy atom. The Bertz CT molecular complexity index is 2770. The smallest absolute Gasteiger partial charge is 0.162 e. The SMILES string of the molecule is CCC(CC)C(=O)/C=C(\O)C(C)(CC)CC.[2H]c1nc(-c2[c-]c(C)cc(C(C)(C)C)c2)c2ccc(C3CCCCC3)cc2c1[2H].[2H]c1nc(-c2[c-]c(C)cc(C(C)(C)C)c2)c2ccc(C3CCCCC3)cc2c1[2H].[Ir]. The summed E-state index contributed by atoms with van der Waals surface area (Å²) in [6, 6.07) is 28.9. The summed E-state index contributed by atoms with van der Waals surface area (Å²) in [5.41, 5.74) is 10.4. The molecule has 0 unspecified atom stereocenters. The van der Waals surface area contributed by atoms with Gasteiger partial charge in [0.1, 0.15) is 5.76 Å². The zero-order valence-corrected chi connectivity index (χ0v) is 48.0. The molecule has 0 saturated heterocycles. The van der Waals surface area contributed by atoms with E-state index in [0.29, 0.717) is 11.8 Å². The molecule has 2 aliphatic carbocycles. The first-order valence-electron chi connectivity index (χ1n) is 28.8. The van der Waals surface area contributed by atoms with Crippen molar-refractivity contribution in [3.05, 3.63) is 142 Å². The number of carbonyl (C=O) groups is 1. The minimum absolute atomic E-state index is 0. The number of allylic oxidation sites excluding steroid dienone is 2. The summed E-state index contributed by atoms with van der Waals surface area (Å²) in [5.74, 6) is 1.53. The second-order valence-electron chi connectivity index (χ2n) is 22.8. The van der Waals surface area contributed by atoms with E-state index in [-0.39, 0.29) is 78.2 Å². The number of hydrogen-bond acceptors (Lipinski definition) is 4. The van der Waals surface area contributed by atoms with Crippen molar-refractivity contribution < 1.29 is 35.5 Å². The van der Waals surface area contributed by atoms with E-state index < -0.39 is 0 Å². The van der Waals surface area contributed by atoms with Crippen LogP contribution in [0.4, 0.5) is 0 Å². The van der Waals surface area contributed by atoms with Crippen molar-refractivity contribution in [1.82, 2.24) is 9.97 Å². The minimum Gasteiger partial charge on any atom is -0.512 e. The van der Waals surface area contributed by atoms with Crippen LogP contribution in [0.2, 0.25) is 0 Å². The molecular weight excluding hydrogens is 1040 g/mol. The van der Waals surface area contributed by atoms with Crippen LogP contribution in [0.25, 0.3) is 44.1 Å². The third-order valence-electron chi connectivity index (χ3n) is 15.6. The molecule has 0 amide bonds. The van der Waals surface area contributed by atoms with Crippen LogP contribution in [0.5, 0.6) is 0 Å². The Balaban J connectivity index is 0.000000217. The van der Waals surface area contributed by atoms with E-state index in [4.69, 9.17) is 5.48 Å². The standard InChI is InChI=1S/2C26H30N.C14H26O2.Ir/c2*1-18-14-22(17-23(15-18)26(2,3)4)25-24-11-10-20(16-21(24)12-13-27-25)19-8-6-5-7-9-19;1-6-11(7-2)12(15)10-13(16)14(5,8-3)9-4;/h2*10-13,15-17,19H,5-9H2,1-4H3;10-11,16H,6-9H2,1-5H3;/q2*-1;;/b;;13-10-;/i2*12D,13D;;. The van der Waals surface area contributed by atoms with Crippen molar-refractivity contribution in [3.8, 4) is 22.5 Å². The average Bonchev–Trinajstić information content (AvgIpc) is 3.38. The predicted molar refractivity (Wildman–Crippen MR) is 299 cm³/mol. The van der Waals surface area contributed by atoms with Crippen molar-refractivity contribution in [2.45, 2.75) is 203 Å². The topological polar surface area (TPSA) is 63.1 Å². The molecule has 8 rings (SSSR count). The second kappa shape index (κ2) is 25.5. The van der Waals surface area contributed by atoms with E-state index in [1.807, 2.05) is 34.6 Å². The maximum Gasteiger partial charge on any atom is 0.162 e. The van der Waals surface area contributed by atoms with Gasteiger partial charge in [-0.15, -0.1) is 69.8 Å². The molecule has 2 fully saturated rings. The fourth-order valence-corrected chi connectivity index (χ4v) is 10.2. The third kappa shape index (κ3) is 14.8. The summed E-state index contributed by atoms with van der Waals surface area (Å²) in [4.78, 5) is 20.9. The molecule has 2 aliphatic rings. The molecule has 4 nitrogen and oxygen atoms in total. The summed E-state index contributed by atoms with van der Waals surface area (Å²) in [5, 5.41) is 13.6. The largest absolute Gasteiger partial charge is 0.512 e.